The number of hydrogen-bond acceptors (Lipinski definition) is 8. The Morgan fingerprint density at radius 2 is 1.61 bits per heavy atom. The number of aromatic nitrogens is 4. The first-order valence-electron chi connectivity index (χ1n) is 12.8. The van der Waals surface area contributed by atoms with E-state index in [-0.39, 0.29) is 6.01 Å². The molecule has 0 radical (unpaired) electrons. The lowest BCUT2D eigenvalue weighted by Gasteiger charge is -2.26. The van der Waals surface area contributed by atoms with Gasteiger partial charge in [0.2, 0.25) is 0 Å². The van der Waals surface area contributed by atoms with Crippen LogP contribution in [-0.2, 0) is 24.5 Å². The maximum Gasteiger partial charge on any atom is 0.490 e. The summed E-state index contributed by atoms with van der Waals surface area (Å²) >= 11 is 0. The molecule has 1 aromatic carbocycles. The molecular formula is C28H28F3N7O3. The monoisotopic (exact) mass is 567 g/mol. The maximum absolute atomic E-state index is 10.6. The Bertz CT molecular complexity index is 1510. The zero-order valence-electron chi connectivity index (χ0n) is 22.0. The zero-order valence-corrected chi connectivity index (χ0v) is 22.0. The highest BCUT2D eigenvalue weighted by Gasteiger charge is 2.38. The molecule has 1 aliphatic heterocycles. The number of nitrogen functional groups attached to an aromatic ring is 1. The van der Waals surface area contributed by atoms with Gasteiger partial charge in [0.1, 0.15) is 24.2 Å². The number of fused-ring (bicyclic) bond motifs is 1. The number of pyridine rings is 1. The predicted octanol–water partition coefficient (Wildman–Crippen LogP) is 4.53. The van der Waals surface area contributed by atoms with Crippen molar-refractivity contribution in [2.75, 3.05) is 18.8 Å². The molecule has 0 saturated carbocycles. The summed E-state index contributed by atoms with van der Waals surface area (Å²) in [6.45, 7) is 4.15. The number of halogens is 3. The van der Waals surface area contributed by atoms with Gasteiger partial charge < -0.3 is 20.1 Å². The smallest absolute Gasteiger partial charge is 0.475 e. The molecule has 0 amide bonds. The number of likely N-dealkylation sites (tertiary alicyclic amines) is 1. The Morgan fingerprint density at radius 3 is 2.20 bits per heavy atom. The van der Waals surface area contributed by atoms with Crippen molar-refractivity contribution in [3.63, 3.8) is 0 Å². The van der Waals surface area contributed by atoms with Gasteiger partial charge in [-0.05, 0) is 60.8 Å². The molecule has 1 fully saturated rings. The summed E-state index contributed by atoms with van der Waals surface area (Å²) in [7, 11) is 0. The summed E-state index contributed by atoms with van der Waals surface area (Å²) in [6.07, 6.45) is 2.24. The number of rotatable bonds is 7. The molecular weight excluding hydrogens is 539 g/mol. The molecule has 214 valence electrons. The first-order chi connectivity index (χ1) is 19.6. The van der Waals surface area contributed by atoms with Crippen molar-refractivity contribution in [2.24, 2.45) is 0 Å². The van der Waals surface area contributed by atoms with Gasteiger partial charge in [-0.25, -0.2) is 4.79 Å². The third-order valence-corrected chi connectivity index (χ3v) is 6.45. The van der Waals surface area contributed by atoms with Crippen LogP contribution in [-0.4, -0.2) is 54.8 Å². The van der Waals surface area contributed by atoms with Crippen LogP contribution in [0.5, 0.6) is 6.01 Å². The quantitative estimate of drug-likeness (QED) is 0.329. The second kappa shape index (κ2) is 13.1. The minimum absolute atomic E-state index is 0.183. The minimum Gasteiger partial charge on any atom is -0.475 e. The second-order valence-corrected chi connectivity index (χ2v) is 9.46. The summed E-state index contributed by atoms with van der Waals surface area (Å²) in [5, 5.41) is 17.5. The van der Waals surface area contributed by atoms with Crippen molar-refractivity contribution in [1.29, 1.82) is 5.26 Å². The number of anilines is 1. The van der Waals surface area contributed by atoms with Crippen molar-refractivity contribution >= 4 is 22.8 Å². The van der Waals surface area contributed by atoms with Gasteiger partial charge in [-0.1, -0.05) is 30.7 Å². The number of carbonyl (C=O) groups is 1. The highest BCUT2D eigenvalue weighted by atomic mass is 19.4. The molecule has 13 heteroatoms. The number of carboxylic acid groups (broad SMARTS) is 1. The summed E-state index contributed by atoms with van der Waals surface area (Å²) < 4.78 is 39.4. The number of benzene rings is 1. The van der Waals surface area contributed by atoms with Gasteiger partial charge in [0, 0.05) is 18.9 Å². The fourth-order valence-corrected chi connectivity index (χ4v) is 4.38. The molecule has 0 unspecified atom stereocenters. The molecule has 41 heavy (non-hydrogen) atoms. The van der Waals surface area contributed by atoms with Crippen LogP contribution in [0.25, 0.3) is 11.0 Å². The average molecular weight is 568 g/mol. The number of nitrogens with two attached hydrogens (primary N) is 1. The number of aliphatic carboxylic acids is 1. The SMILES string of the molecule is N#Cc1cc2c(N)nc(OCc3ccncc3)nc2n1Cc1ccc(CN2CCCCC2)cc1.O=C(O)C(F)(F)F. The zero-order chi connectivity index (χ0) is 29.4. The first kappa shape index (κ1) is 29.3. The summed E-state index contributed by atoms with van der Waals surface area (Å²) in [5.41, 5.74) is 10.6. The number of nitriles is 1. The molecule has 4 aromatic rings. The van der Waals surface area contributed by atoms with Crippen molar-refractivity contribution in [3.05, 3.63) is 77.2 Å². The average Bonchev–Trinajstić information content (AvgIpc) is 3.31. The maximum atomic E-state index is 10.6. The highest BCUT2D eigenvalue weighted by molar-refractivity contribution is 5.88. The van der Waals surface area contributed by atoms with E-state index in [4.69, 9.17) is 20.4 Å². The van der Waals surface area contributed by atoms with Gasteiger partial charge in [0.25, 0.3) is 0 Å². The largest absolute Gasteiger partial charge is 0.490 e. The van der Waals surface area contributed by atoms with E-state index in [1.807, 2.05) is 16.7 Å². The molecule has 0 spiro atoms. The Hall–Kier alpha value is -4.70. The summed E-state index contributed by atoms with van der Waals surface area (Å²) in [5.74, 6) is -2.46. The van der Waals surface area contributed by atoms with Gasteiger partial charge in [0.15, 0.2) is 5.65 Å². The molecule has 5 rings (SSSR count). The van der Waals surface area contributed by atoms with E-state index in [1.54, 1.807) is 18.5 Å². The fraction of sp³-hybridized carbons (Fsp3) is 0.321. The van der Waals surface area contributed by atoms with Gasteiger partial charge in [-0.15, -0.1) is 0 Å². The van der Waals surface area contributed by atoms with Crippen LogP contribution < -0.4 is 10.5 Å². The van der Waals surface area contributed by atoms with Gasteiger partial charge in [-0.2, -0.15) is 28.4 Å². The normalized spacial score (nSPS) is 13.7. The lowest BCUT2D eigenvalue weighted by Crippen LogP contribution is -2.29. The Kier molecular flexibility index (Phi) is 9.36. The Balaban J connectivity index is 0.000000493. The molecule has 3 N–H and O–H groups in total. The van der Waals surface area contributed by atoms with Crippen LogP contribution in [0.2, 0.25) is 0 Å². The molecule has 1 aliphatic rings. The van der Waals surface area contributed by atoms with Crippen molar-refractivity contribution in [2.45, 2.75) is 45.1 Å². The molecule has 1 saturated heterocycles. The number of alkyl halides is 3. The van der Waals surface area contributed by atoms with Crippen molar-refractivity contribution < 1.29 is 27.8 Å². The minimum atomic E-state index is -5.08. The molecule has 0 aliphatic carbocycles. The van der Waals surface area contributed by atoms with Gasteiger partial charge in [-0.3, -0.25) is 9.88 Å². The number of nitrogens with zero attached hydrogens (tertiary/aromatic N) is 6. The Morgan fingerprint density at radius 1 is 1.00 bits per heavy atom. The molecule has 4 heterocycles. The van der Waals surface area contributed by atoms with Crippen LogP contribution in [0.15, 0.2) is 54.9 Å². The van der Waals surface area contributed by atoms with Crippen LogP contribution in [0.1, 0.15) is 41.6 Å². The number of hydrogen-bond donors (Lipinski definition) is 2. The molecule has 0 atom stereocenters. The topological polar surface area (TPSA) is 143 Å². The van der Waals surface area contributed by atoms with E-state index in [0.717, 1.165) is 17.7 Å². The number of carboxylic acids is 1. The summed E-state index contributed by atoms with van der Waals surface area (Å²) in [4.78, 5) is 24.3. The van der Waals surface area contributed by atoms with Crippen LogP contribution in [0, 0.1) is 11.3 Å². The third kappa shape index (κ3) is 7.92. The first-order valence-corrected chi connectivity index (χ1v) is 12.8. The van der Waals surface area contributed by atoms with Crippen LogP contribution >= 0.6 is 0 Å². The van der Waals surface area contributed by atoms with Crippen LogP contribution in [0.4, 0.5) is 19.0 Å². The van der Waals surface area contributed by atoms with E-state index in [9.17, 15) is 18.4 Å². The van der Waals surface area contributed by atoms with Gasteiger partial charge in [0.05, 0.1) is 11.9 Å². The standard InChI is InChI=1S/C26H27N7O.C2HF3O2/c27-15-22-14-23-24(28)30-26(34-18-21-8-10-29-11-9-21)31-25(23)33(22)17-20-6-4-19(5-7-20)16-32-12-2-1-3-13-32;3-2(4,5)1(6)7/h4-11,14H,1-3,12-13,16-18H2,(H2,28,30,31);(H,6,7). The summed E-state index contributed by atoms with van der Waals surface area (Å²) in [6, 6.07) is 16.5. The predicted molar refractivity (Wildman–Crippen MR) is 144 cm³/mol. The lowest BCUT2D eigenvalue weighted by atomic mass is 10.1. The van der Waals surface area contributed by atoms with E-state index in [1.165, 1.54) is 37.9 Å². The lowest BCUT2D eigenvalue weighted by molar-refractivity contribution is -0.192. The molecule has 10 nitrogen and oxygen atoms in total. The molecule has 0 bridgehead atoms. The Labute approximate surface area is 233 Å². The van der Waals surface area contributed by atoms with E-state index in [2.05, 4.69) is 50.2 Å². The highest BCUT2D eigenvalue weighted by Crippen LogP contribution is 2.26. The fourth-order valence-electron chi connectivity index (χ4n) is 4.38. The van der Waals surface area contributed by atoms with Crippen molar-refractivity contribution in [3.8, 4) is 12.1 Å². The van der Waals surface area contributed by atoms with Gasteiger partial charge >= 0.3 is 18.2 Å². The van der Waals surface area contributed by atoms with E-state index >= 15 is 0 Å². The third-order valence-electron chi connectivity index (χ3n) is 6.45. The van der Waals surface area contributed by atoms with Crippen LogP contribution in [0.3, 0.4) is 0 Å². The number of piperidine rings is 1. The molecule has 3 aromatic heterocycles. The van der Waals surface area contributed by atoms with E-state index in [0.29, 0.717) is 35.7 Å². The second-order valence-electron chi connectivity index (χ2n) is 9.46. The number of ether oxygens (including phenoxy) is 1. The van der Waals surface area contributed by atoms with E-state index < -0.39 is 12.1 Å². The van der Waals surface area contributed by atoms with Crippen molar-refractivity contribution in [1.82, 2.24) is 24.4 Å².